The van der Waals surface area contributed by atoms with E-state index in [9.17, 15) is 9.59 Å². The summed E-state index contributed by atoms with van der Waals surface area (Å²) in [5.41, 5.74) is 0. The highest BCUT2D eigenvalue weighted by molar-refractivity contribution is 5.79. The van der Waals surface area contributed by atoms with Crippen molar-refractivity contribution in [3.05, 3.63) is 0 Å². The molecule has 5 nitrogen and oxygen atoms in total. The van der Waals surface area contributed by atoms with Gasteiger partial charge in [0.05, 0.1) is 6.54 Å². The maximum atomic E-state index is 11.4. The molecular formula is C11H19N3O2. The molecule has 3 N–H and O–H groups in total. The second-order valence-electron chi connectivity index (χ2n) is 4.72. The van der Waals surface area contributed by atoms with Crippen molar-refractivity contribution in [2.45, 2.75) is 50.7 Å². The van der Waals surface area contributed by atoms with Crippen molar-refractivity contribution in [1.29, 1.82) is 0 Å². The van der Waals surface area contributed by atoms with Gasteiger partial charge in [-0.3, -0.25) is 9.59 Å². The Kier molecular flexibility index (Phi) is 3.43. The molecule has 0 radical (unpaired) electrons. The highest BCUT2D eigenvalue weighted by Gasteiger charge is 2.26. The van der Waals surface area contributed by atoms with Gasteiger partial charge >= 0.3 is 0 Å². The van der Waals surface area contributed by atoms with E-state index in [2.05, 4.69) is 16.0 Å². The fourth-order valence-corrected chi connectivity index (χ4v) is 1.97. The quantitative estimate of drug-likeness (QED) is 0.605. The van der Waals surface area contributed by atoms with E-state index < -0.39 is 0 Å². The second-order valence-corrected chi connectivity index (χ2v) is 4.72. The molecule has 0 bridgehead atoms. The molecule has 90 valence electrons. The van der Waals surface area contributed by atoms with Gasteiger partial charge in [0.25, 0.3) is 0 Å². The summed E-state index contributed by atoms with van der Waals surface area (Å²) in [6, 6.07) is 0.732. The maximum absolute atomic E-state index is 11.4. The maximum Gasteiger partial charge on any atom is 0.234 e. The number of carbonyl (C=O) groups is 2. The first-order chi connectivity index (χ1) is 7.65. The third kappa shape index (κ3) is 3.20. The smallest absolute Gasteiger partial charge is 0.234 e. The van der Waals surface area contributed by atoms with Gasteiger partial charge in [0.15, 0.2) is 0 Å². The summed E-state index contributed by atoms with van der Waals surface area (Å²) in [7, 11) is 0. The Bertz CT molecular complexity index is 289. The third-order valence-electron chi connectivity index (χ3n) is 3.14. The third-order valence-corrected chi connectivity index (χ3v) is 3.14. The lowest BCUT2D eigenvalue weighted by Gasteiger charge is -2.30. The number of piperidine rings is 1. The number of hydrogen-bond acceptors (Lipinski definition) is 3. The van der Waals surface area contributed by atoms with Gasteiger partial charge in [-0.1, -0.05) is 0 Å². The van der Waals surface area contributed by atoms with Crippen molar-refractivity contribution in [3.8, 4) is 0 Å². The summed E-state index contributed by atoms with van der Waals surface area (Å²) in [6.45, 7) is 2.31. The van der Waals surface area contributed by atoms with E-state index in [-0.39, 0.29) is 23.9 Å². The van der Waals surface area contributed by atoms with E-state index in [0.717, 1.165) is 19.3 Å². The minimum atomic E-state index is 0.0617. The van der Waals surface area contributed by atoms with Gasteiger partial charge in [0.2, 0.25) is 11.8 Å². The zero-order chi connectivity index (χ0) is 11.5. The Morgan fingerprint density at radius 3 is 2.81 bits per heavy atom. The van der Waals surface area contributed by atoms with Crippen LogP contribution in [0.4, 0.5) is 0 Å². The van der Waals surface area contributed by atoms with Gasteiger partial charge in [-0.25, -0.2) is 0 Å². The van der Waals surface area contributed by atoms with Crippen LogP contribution in [0.25, 0.3) is 0 Å². The lowest BCUT2D eigenvalue weighted by Crippen LogP contribution is -2.54. The van der Waals surface area contributed by atoms with Crippen LogP contribution < -0.4 is 16.0 Å². The van der Waals surface area contributed by atoms with Crippen LogP contribution in [0.5, 0.6) is 0 Å². The summed E-state index contributed by atoms with van der Waals surface area (Å²) in [5, 5.41) is 9.00. The average molecular weight is 225 g/mol. The van der Waals surface area contributed by atoms with Crippen LogP contribution in [0.3, 0.4) is 0 Å². The predicted molar refractivity (Wildman–Crippen MR) is 59.8 cm³/mol. The first-order valence-electron chi connectivity index (χ1n) is 5.97. The van der Waals surface area contributed by atoms with Crippen molar-refractivity contribution < 1.29 is 9.59 Å². The van der Waals surface area contributed by atoms with Gasteiger partial charge in [0, 0.05) is 24.5 Å². The largest absolute Gasteiger partial charge is 0.352 e. The molecule has 1 aliphatic heterocycles. The fraction of sp³-hybridized carbons (Fsp3) is 0.818. The molecule has 0 aromatic carbocycles. The van der Waals surface area contributed by atoms with Gasteiger partial charge in [0.1, 0.15) is 0 Å². The lowest BCUT2D eigenvalue weighted by molar-refractivity contribution is -0.123. The molecular weight excluding hydrogens is 206 g/mol. The monoisotopic (exact) mass is 225 g/mol. The Morgan fingerprint density at radius 1 is 1.44 bits per heavy atom. The highest BCUT2D eigenvalue weighted by Crippen LogP contribution is 2.18. The zero-order valence-electron chi connectivity index (χ0n) is 9.58. The Morgan fingerprint density at radius 2 is 2.19 bits per heavy atom. The minimum Gasteiger partial charge on any atom is -0.352 e. The molecule has 2 rings (SSSR count). The van der Waals surface area contributed by atoms with Crippen LogP contribution in [-0.2, 0) is 9.59 Å². The Hall–Kier alpha value is -1.10. The SMILES string of the molecule is CC1NC(=O)CCC1NCC(=O)NC1CC1. The van der Waals surface area contributed by atoms with Crippen LogP contribution in [0, 0.1) is 0 Å². The molecule has 2 unspecified atom stereocenters. The van der Waals surface area contributed by atoms with Gasteiger partial charge < -0.3 is 16.0 Å². The molecule has 1 saturated heterocycles. The normalized spacial score (nSPS) is 29.7. The summed E-state index contributed by atoms with van der Waals surface area (Å²) >= 11 is 0. The zero-order valence-corrected chi connectivity index (χ0v) is 9.58. The number of hydrogen-bond donors (Lipinski definition) is 3. The van der Waals surface area contributed by atoms with Gasteiger partial charge in [-0.15, -0.1) is 0 Å². The fourth-order valence-electron chi connectivity index (χ4n) is 1.97. The molecule has 0 aromatic rings. The van der Waals surface area contributed by atoms with Crippen molar-refractivity contribution in [1.82, 2.24) is 16.0 Å². The minimum absolute atomic E-state index is 0.0617. The topological polar surface area (TPSA) is 70.2 Å². The lowest BCUT2D eigenvalue weighted by atomic mass is 9.99. The summed E-state index contributed by atoms with van der Waals surface area (Å²) in [6.07, 6.45) is 3.58. The first-order valence-corrected chi connectivity index (χ1v) is 5.97. The molecule has 1 aliphatic carbocycles. The molecule has 2 amide bonds. The first kappa shape index (κ1) is 11.4. The van der Waals surface area contributed by atoms with Crippen molar-refractivity contribution in [2.75, 3.05) is 6.54 Å². The molecule has 5 heteroatoms. The van der Waals surface area contributed by atoms with E-state index in [0.29, 0.717) is 19.0 Å². The van der Waals surface area contributed by atoms with Crippen LogP contribution in [0.1, 0.15) is 32.6 Å². The number of carbonyl (C=O) groups excluding carboxylic acids is 2. The predicted octanol–water partition coefficient (Wildman–Crippen LogP) is -0.478. The Labute approximate surface area is 95.3 Å². The molecule has 1 saturated carbocycles. The summed E-state index contributed by atoms with van der Waals surface area (Å²) in [5.74, 6) is 0.166. The highest BCUT2D eigenvalue weighted by atomic mass is 16.2. The summed E-state index contributed by atoms with van der Waals surface area (Å²) < 4.78 is 0. The van der Waals surface area contributed by atoms with Crippen molar-refractivity contribution in [2.24, 2.45) is 0 Å². The van der Waals surface area contributed by atoms with Crippen molar-refractivity contribution in [3.63, 3.8) is 0 Å². The van der Waals surface area contributed by atoms with Crippen LogP contribution >= 0.6 is 0 Å². The second kappa shape index (κ2) is 4.82. The number of nitrogens with one attached hydrogen (secondary N) is 3. The van der Waals surface area contributed by atoms with Gasteiger partial charge in [-0.2, -0.15) is 0 Å². The summed E-state index contributed by atoms with van der Waals surface area (Å²) in [4.78, 5) is 22.5. The molecule has 0 aromatic heterocycles. The molecule has 2 aliphatic rings. The molecule has 0 spiro atoms. The van der Waals surface area contributed by atoms with Crippen LogP contribution in [0.15, 0.2) is 0 Å². The van der Waals surface area contributed by atoms with E-state index in [4.69, 9.17) is 0 Å². The van der Waals surface area contributed by atoms with Crippen LogP contribution in [0.2, 0.25) is 0 Å². The van der Waals surface area contributed by atoms with E-state index >= 15 is 0 Å². The van der Waals surface area contributed by atoms with Crippen molar-refractivity contribution >= 4 is 11.8 Å². The molecule has 2 fully saturated rings. The van der Waals surface area contributed by atoms with E-state index in [1.54, 1.807) is 0 Å². The average Bonchev–Trinajstić information content (AvgIpc) is 3.00. The van der Waals surface area contributed by atoms with Gasteiger partial charge in [-0.05, 0) is 26.2 Å². The Balaban J connectivity index is 1.68. The van der Waals surface area contributed by atoms with E-state index in [1.165, 1.54) is 0 Å². The molecule has 16 heavy (non-hydrogen) atoms. The number of amides is 2. The number of rotatable bonds is 4. The molecule has 2 atom stereocenters. The molecule has 1 heterocycles. The van der Waals surface area contributed by atoms with E-state index in [1.807, 2.05) is 6.92 Å². The standard InChI is InChI=1S/C11H19N3O2/c1-7-9(4-5-10(15)13-7)12-6-11(16)14-8-2-3-8/h7-9,12H,2-6H2,1H3,(H,13,15)(H,14,16). The van der Waals surface area contributed by atoms with Crippen LogP contribution in [-0.4, -0.2) is 36.5 Å².